The van der Waals surface area contributed by atoms with Crippen LogP contribution in [0.2, 0.25) is 0 Å². The van der Waals surface area contributed by atoms with E-state index in [2.05, 4.69) is 11.2 Å². The first-order valence-corrected chi connectivity index (χ1v) is 5.35. The quantitative estimate of drug-likeness (QED) is 0.528. The lowest BCUT2D eigenvalue weighted by Gasteiger charge is -2.26. The van der Waals surface area contributed by atoms with E-state index in [1.54, 1.807) is 6.92 Å². The molecule has 0 spiro atoms. The molecule has 1 rings (SSSR count). The number of nitrogens with one attached hydrogen (secondary N) is 1. The van der Waals surface area contributed by atoms with Crippen LogP contribution in [-0.4, -0.2) is 58.3 Å². The van der Waals surface area contributed by atoms with Crippen LogP contribution in [0.15, 0.2) is 0 Å². The summed E-state index contributed by atoms with van der Waals surface area (Å²) in [6.45, 7) is 1.89. The van der Waals surface area contributed by atoms with Crippen LogP contribution < -0.4 is 5.32 Å². The van der Waals surface area contributed by atoms with Crippen molar-refractivity contribution in [2.24, 2.45) is 0 Å². The Balaban J connectivity index is 2.67. The van der Waals surface area contributed by atoms with Crippen LogP contribution in [0.1, 0.15) is 13.3 Å². The molecule has 17 heavy (non-hydrogen) atoms. The lowest BCUT2D eigenvalue weighted by Crippen LogP contribution is -2.49. The van der Waals surface area contributed by atoms with Crippen LogP contribution in [0.25, 0.3) is 0 Å². The van der Waals surface area contributed by atoms with Crippen molar-refractivity contribution in [3.05, 3.63) is 0 Å². The Kier molecular flexibility index (Phi) is 4.49. The Hall–Kier alpha value is -1.58. The Morgan fingerprint density at radius 1 is 1.65 bits per heavy atom. The number of hydrogen-bond donors (Lipinski definition) is 3. The van der Waals surface area contributed by atoms with Gasteiger partial charge in [0.05, 0.1) is 18.7 Å². The summed E-state index contributed by atoms with van der Waals surface area (Å²) in [5, 5.41) is 20.9. The summed E-state index contributed by atoms with van der Waals surface area (Å²) in [4.78, 5) is 24.1. The van der Waals surface area contributed by atoms with Crippen molar-refractivity contribution in [3.8, 4) is 12.3 Å². The molecular formula is C11H16N2O4. The number of likely N-dealkylation sites (tertiary alicyclic amines) is 1. The van der Waals surface area contributed by atoms with Gasteiger partial charge in [0.15, 0.2) is 0 Å². The fraction of sp³-hybridized carbons (Fsp3) is 0.636. The van der Waals surface area contributed by atoms with Crippen molar-refractivity contribution in [1.82, 2.24) is 10.2 Å². The summed E-state index contributed by atoms with van der Waals surface area (Å²) in [5.41, 5.74) is 0. The lowest BCUT2D eigenvalue weighted by atomic mass is 10.2. The van der Waals surface area contributed by atoms with Gasteiger partial charge < -0.3 is 15.5 Å². The van der Waals surface area contributed by atoms with E-state index >= 15 is 0 Å². The average molecular weight is 240 g/mol. The molecule has 6 nitrogen and oxygen atoms in total. The fourth-order valence-corrected chi connectivity index (χ4v) is 1.95. The zero-order valence-corrected chi connectivity index (χ0v) is 9.59. The third-order valence-corrected chi connectivity index (χ3v) is 2.84. The van der Waals surface area contributed by atoms with Gasteiger partial charge >= 0.3 is 5.97 Å². The van der Waals surface area contributed by atoms with Gasteiger partial charge in [-0.05, 0) is 6.92 Å². The lowest BCUT2D eigenvalue weighted by molar-refractivity contribution is -0.143. The molecule has 94 valence electrons. The second-order valence-electron chi connectivity index (χ2n) is 4.04. The highest BCUT2D eigenvalue weighted by atomic mass is 16.4. The number of nitrogens with zero attached hydrogens (tertiary/aromatic N) is 1. The highest BCUT2D eigenvalue weighted by Gasteiger charge is 2.40. The maximum absolute atomic E-state index is 11.6. The first-order valence-electron chi connectivity index (χ1n) is 5.35. The maximum atomic E-state index is 11.6. The molecule has 1 aliphatic rings. The maximum Gasteiger partial charge on any atom is 0.321 e. The van der Waals surface area contributed by atoms with E-state index in [4.69, 9.17) is 11.5 Å². The minimum Gasteiger partial charge on any atom is -0.480 e. The number of β-amino-alcohol motifs (C(OH)–C–C–N with tert-alkyl or cyclic N) is 1. The second-order valence-corrected chi connectivity index (χ2v) is 4.04. The van der Waals surface area contributed by atoms with E-state index in [-0.39, 0.29) is 25.4 Å². The van der Waals surface area contributed by atoms with Gasteiger partial charge in [0.2, 0.25) is 5.91 Å². The number of carbonyl (C=O) groups is 2. The molecule has 3 unspecified atom stereocenters. The number of hydrogen-bond acceptors (Lipinski definition) is 4. The molecular weight excluding hydrogens is 224 g/mol. The molecule has 0 radical (unpaired) electrons. The van der Waals surface area contributed by atoms with Gasteiger partial charge in [0.1, 0.15) is 6.04 Å². The van der Waals surface area contributed by atoms with Crippen LogP contribution in [0.4, 0.5) is 0 Å². The van der Waals surface area contributed by atoms with Gasteiger partial charge in [0.25, 0.3) is 0 Å². The highest BCUT2D eigenvalue weighted by Crippen LogP contribution is 2.20. The van der Waals surface area contributed by atoms with Crippen molar-refractivity contribution in [2.45, 2.75) is 31.5 Å². The normalized spacial score (nSPS) is 26.2. The summed E-state index contributed by atoms with van der Waals surface area (Å²) in [6.07, 6.45) is 4.45. The number of aliphatic hydroxyl groups excluding tert-OH is 1. The standard InChI is InChI=1S/C11H16N2O4/c1-3-4-12-10(15)7(2)13-6-8(14)5-9(13)11(16)17/h1,7-9,14H,4-6H2,2H3,(H,12,15)(H,16,17). The van der Waals surface area contributed by atoms with Crippen LogP contribution in [0.5, 0.6) is 0 Å². The number of aliphatic hydroxyl groups is 1. The molecule has 3 N–H and O–H groups in total. The summed E-state index contributed by atoms with van der Waals surface area (Å²) in [6, 6.07) is -1.45. The molecule has 1 heterocycles. The Morgan fingerprint density at radius 3 is 2.82 bits per heavy atom. The number of amides is 1. The molecule has 0 bridgehead atoms. The van der Waals surface area contributed by atoms with Gasteiger partial charge in [-0.25, -0.2) is 0 Å². The predicted octanol–water partition coefficient (Wildman–Crippen LogP) is -1.36. The smallest absolute Gasteiger partial charge is 0.321 e. The predicted molar refractivity (Wildman–Crippen MR) is 60.1 cm³/mol. The van der Waals surface area contributed by atoms with Crippen molar-refractivity contribution >= 4 is 11.9 Å². The van der Waals surface area contributed by atoms with Crippen LogP contribution in [0, 0.1) is 12.3 Å². The number of rotatable bonds is 4. The molecule has 0 saturated carbocycles. The van der Waals surface area contributed by atoms with Crippen molar-refractivity contribution in [1.29, 1.82) is 0 Å². The molecule has 0 aromatic rings. The molecule has 1 fully saturated rings. The molecule has 0 aromatic heterocycles. The van der Waals surface area contributed by atoms with E-state index in [1.807, 2.05) is 0 Å². The first-order chi connectivity index (χ1) is 7.97. The van der Waals surface area contributed by atoms with Crippen molar-refractivity contribution < 1.29 is 19.8 Å². The monoisotopic (exact) mass is 240 g/mol. The number of carboxylic acid groups (broad SMARTS) is 1. The summed E-state index contributed by atoms with van der Waals surface area (Å²) in [5.74, 6) is 0.911. The second kappa shape index (κ2) is 5.66. The SMILES string of the molecule is C#CCNC(=O)C(C)N1CC(O)CC1C(=O)O. The van der Waals surface area contributed by atoms with Crippen molar-refractivity contribution in [3.63, 3.8) is 0 Å². The minimum absolute atomic E-state index is 0.108. The zero-order chi connectivity index (χ0) is 13.0. The van der Waals surface area contributed by atoms with E-state index in [1.165, 1.54) is 4.90 Å². The Bertz CT molecular complexity index is 350. The van der Waals surface area contributed by atoms with Crippen LogP contribution >= 0.6 is 0 Å². The molecule has 1 amide bonds. The topological polar surface area (TPSA) is 89.9 Å². The van der Waals surface area contributed by atoms with E-state index in [0.29, 0.717) is 0 Å². The van der Waals surface area contributed by atoms with Gasteiger partial charge in [-0.2, -0.15) is 0 Å². The van der Waals surface area contributed by atoms with Gasteiger partial charge in [-0.3, -0.25) is 14.5 Å². The van der Waals surface area contributed by atoms with Crippen LogP contribution in [-0.2, 0) is 9.59 Å². The fourth-order valence-electron chi connectivity index (χ4n) is 1.95. The van der Waals surface area contributed by atoms with E-state index in [0.717, 1.165) is 0 Å². The number of carbonyl (C=O) groups excluding carboxylic acids is 1. The zero-order valence-electron chi connectivity index (χ0n) is 9.59. The van der Waals surface area contributed by atoms with Crippen molar-refractivity contribution in [2.75, 3.05) is 13.1 Å². The molecule has 0 aliphatic carbocycles. The first kappa shape index (κ1) is 13.5. The number of terminal acetylenes is 1. The largest absolute Gasteiger partial charge is 0.480 e. The summed E-state index contributed by atoms with van der Waals surface area (Å²) < 4.78 is 0. The Labute approximate surface area is 99.6 Å². The molecule has 6 heteroatoms. The molecule has 3 atom stereocenters. The minimum atomic E-state index is -1.03. The average Bonchev–Trinajstić information content (AvgIpc) is 2.67. The number of carboxylic acids is 1. The third kappa shape index (κ3) is 3.19. The van der Waals surface area contributed by atoms with Gasteiger partial charge in [-0.15, -0.1) is 6.42 Å². The third-order valence-electron chi connectivity index (χ3n) is 2.84. The van der Waals surface area contributed by atoms with Gasteiger partial charge in [0, 0.05) is 13.0 Å². The molecule has 1 aliphatic heterocycles. The summed E-state index contributed by atoms with van der Waals surface area (Å²) in [7, 11) is 0. The van der Waals surface area contributed by atoms with E-state index < -0.39 is 24.2 Å². The molecule has 0 aromatic carbocycles. The molecule has 1 saturated heterocycles. The van der Waals surface area contributed by atoms with Gasteiger partial charge in [-0.1, -0.05) is 5.92 Å². The summed E-state index contributed by atoms with van der Waals surface area (Å²) >= 11 is 0. The van der Waals surface area contributed by atoms with Crippen LogP contribution in [0.3, 0.4) is 0 Å². The van der Waals surface area contributed by atoms with E-state index in [9.17, 15) is 14.7 Å². The number of aliphatic carboxylic acids is 1. The Morgan fingerprint density at radius 2 is 2.29 bits per heavy atom. The highest BCUT2D eigenvalue weighted by molar-refractivity contribution is 5.83.